The van der Waals surface area contributed by atoms with Crippen molar-refractivity contribution in [1.82, 2.24) is 19.2 Å². The summed E-state index contributed by atoms with van der Waals surface area (Å²) in [5.41, 5.74) is 3.59. The molecule has 0 saturated heterocycles. The number of aryl methyl sites for hydroxylation is 3. The molecule has 8 heteroatoms. The summed E-state index contributed by atoms with van der Waals surface area (Å²) in [5, 5.41) is 7.15. The quantitative estimate of drug-likeness (QED) is 0.552. The zero-order valence-corrected chi connectivity index (χ0v) is 16.9. The van der Waals surface area contributed by atoms with Crippen LogP contribution in [-0.2, 0) is 11.3 Å². The molecule has 0 bridgehead atoms. The molecule has 0 aliphatic carbocycles. The van der Waals surface area contributed by atoms with Gasteiger partial charge in [-0.2, -0.15) is 0 Å². The molecule has 0 unspecified atom stereocenters. The number of rotatable bonds is 5. The Bertz CT molecular complexity index is 1270. The summed E-state index contributed by atoms with van der Waals surface area (Å²) in [4.78, 5) is 29.5. The number of aromatic nitrogens is 4. The Morgan fingerprint density at radius 2 is 1.80 bits per heavy atom. The number of amides is 1. The number of hydrogen-bond donors (Lipinski definition) is 1. The summed E-state index contributed by atoms with van der Waals surface area (Å²) in [5.74, 6) is 0.419. The van der Waals surface area contributed by atoms with Gasteiger partial charge in [0.1, 0.15) is 12.3 Å². The number of fused-ring (bicyclic) bond motifs is 1. The fraction of sp³-hybridized carbons (Fsp3) is 0.182. The van der Waals surface area contributed by atoms with Gasteiger partial charge in [0.15, 0.2) is 0 Å². The second-order valence-electron chi connectivity index (χ2n) is 7.10. The summed E-state index contributed by atoms with van der Waals surface area (Å²) in [7, 11) is 0. The van der Waals surface area contributed by atoms with Crippen molar-refractivity contribution in [2.45, 2.75) is 27.3 Å². The predicted molar refractivity (Wildman–Crippen MR) is 113 cm³/mol. The van der Waals surface area contributed by atoms with Crippen molar-refractivity contribution in [1.29, 1.82) is 0 Å². The first-order valence-electron chi connectivity index (χ1n) is 9.47. The molecule has 30 heavy (non-hydrogen) atoms. The smallest absolute Gasteiger partial charge is 0.351 e. The minimum absolute atomic E-state index is 0.185. The Morgan fingerprint density at radius 3 is 2.50 bits per heavy atom. The van der Waals surface area contributed by atoms with Crippen LogP contribution in [0.5, 0.6) is 11.6 Å². The van der Waals surface area contributed by atoms with Gasteiger partial charge in [0.25, 0.3) is 5.88 Å². The van der Waals surface area contributed by atoms with Gasteiger partial charge in [-0.05, 0) is 44.0 Å². The van der Waals surface area contributed by atoms with Crippen LogP contribution in [0.3, 0.4) is 0 Å². The van der Waals surface area contributed by atoms with Crippen LogP contribution in [0.25, 0.3) is 5.65 Å². The molecule has 4 aromatic rings. The van der Waals surface area contributed by atoms with Crippen LogP contribution in [-0.4, -0.2) is 25.1 Å². The fourth-order valence-electron chi connectivity index (χ4n) is 3.39. The lowest BCUT2D eigenvalue weighted by Crippen LogP contribution is -2.28. The summed E-state index contributed by atoms with van der Waals surface area (Å²) in [6, 6.07) is 13.1. The number of hydrogen-bond acceptors (Lipinski definition) is 5. The Labute approximate surface area is 172 Å². The van der Waals surface area contributed by atoms with E-state index in [-0.39, 0.29) is 24.0 Å². The average Bonchev–Trinajstić information content (AvgIpc) is 3.02. The van der Waals surface area contributed by atoms with Crippen molar-refractivity contribution in [3.8, 4) is 11.6 Å². The van der Waals surface area contributed by atoms with E-state index in [9.17, 15) is 9.59 Å². The number of anilines is 1. The molecule has 2 heterocycles. The normalized spacial score (nSPS) is 10.9. The van der Waals surface area contributed by atoms with E-state index in [0.717, 1.165) is 27.1 Å². The third-order valence-corrected chi connectivity index (χ3v) is 4.66. The van der Waals surface area contributed by atoms with Crippen molar-refractivity contribution in [3.05, 3.63) is 82.0 Å². The first-order valence-corrected chi connectivity index (χ1v) is 9.47. The first-order chi connectivity index (χ1) is 14.4. The van der Waals surface area contributed by atoms with E-state index in [1.165, 1.54) is 16.8 Å². The number of nitrogens with zero attached hydrogens (tertiary/aromatic N) is 4. The van der Waals surface area contributed by atoms with Gasteiger partial charge in [-0.15, -0.1) is 5.10 Å². The van der Waals surface area contributed by atoms with Gasteiger partial charge >= 0.3 is 5.69 Å². The Hall–Kier alpha value is -3.94. The van der Waals surface area contributed by atoms with Gasteiger partial charge in [0.05, 0.1) is 0 Å². The van der Waals surface area contributed by atoms with Crippen molar-refractivity contribution in [3.63, 3.8) is 0 Å². The van der Waals surface area contributed by atoms with Crippen molar-refractivity contribution in [2.75, 3.05) is 5.32 Å². The highest BCUT2D eigenvalue weighted by Gasteiger charge is 2.16. The van der Waals surface area contributed by atoms with Crippen LogP contribution in [0.15, 0.2) is 59.7 Å². The highest BCUT2D eigenvalue weighted by Crippen LogP contribution is 2.23. The minimum atomic E-state index is -0.446. The summed E-state index contributed by atoms with van der Waals surface area (Å²) >= 11 is 0. The first kappa shape index (κ1) is 19.4. The van der Waals surface area contributed by atoms with E-state index in [1.54, 1.807) is 12.1 Å². The molecule has 1 amide bonds. The summed E-state index contributed by atoms with van der Waals surface area (Å²) < 4.78 is 8.16. The van der Waals surface area contributed by atoms with Crippen LogP contribution in [0, 0.1) is 20.8 Å². The second kappa shape index (κ2) is 7.82. The fourth-order valence-corrected chi connectivity index (χ4v) is 3.39. The van der Waals surface area contributed by atoms with Crippen molar-refractivity contribution >= 4 is 17.2 Å². The SMILES string of the molecule is Cc1cc(C)c(NC(=O)Cn2nc3c(Oc4ccccc4)nccn3c2=O)c(C)c1. The maximum absolute atomic E-state index is 12.7. The highest BCUT2D eigenvalue weighted by molar-refractivity contribution is 5.92. The molecule has 8 nitrogen and oxygen atoms in total. The van der Waals surface area contributed by atoms with Gasteiger partial charge in [0.2, 0.25) is 11.6 Å². The van der Waals surface area contributed by atoms with Crippen molar-refractivity contribution < 1.29 is 9.53 Å². The predicted octanol–water partition coefficient (Wildman–Crippen LogP) is 3.25. The van der Waals surface area contributed by atoms with Gasteiger partial charge in [-0.3, -0.25) is 4.79 Å². The molecule has 0 radical (unpaired) electrons. The molecular weight excluding hydrogens is 382 g/mol. The van der Waals surface area contributed by atoms with Gasteiger partial charge in [-0.25, -0.2) is 18.9 Å². The van der Waals surface area contributed by atoms with Crippen molar-refractivity contribution in [2.24, 2.45) is 0 Å². The lowest BCUT2D eigenvalue weighted by Gasteiger charge is -2.12. The second-order valence-corrected chi connectivity index (χ2v) is 7.10. The monoisotopic (exact) mass is 403 g/mol. The number of carbonyl (C=O) groups excluding carboxylic acids is 1. The molecule has 1 N–H and O–H groups in total. The number of ether oxygens (including phenoxy) is 1. The molecule has 2 aromatic heterocycles. The molecular formula is C22H21N5O3. The molecule has 0 spiro atoms. The number of para-hydroxylation sites is 1. The zero-order valence-electron chi connectivity index (χ0n) is 16.9. The van der Waals surface area contributed by atoms with Gasteiger partial charge in [0, 0.05) is 18.1 Å². The molecule has 0 saturated carbocycles. The van der Waals surface area contributed by atoms with E-state index in [4.69, 9.17) is 4.74 Å². The van der Waals surface area contributed by atoms with E-state index in [1.807, 2.05) is 51.1 Å². The minimum Gasteiger partial charge on any atom is -0.436 e. The van der Waals surface area contributed by atoms with Crippen LogP contribution >= 0.6 is 0 Å². The lowest BCUT2D eigenvalue weighted by atomic mass is 10.1. The number of nitrogens with one attached hydrogen (secondary N) is 1. The maximum atomic E-state index is 12.7. The molecule has 2 aromatic carbocycles. The number of benzene rings is 2. The molecule has 0 aliphatic heterocycles. The standard InChI is InChI=1S/C22H21N5O3/c1-14-11-15(2)19(16(3)12-14)24-18(28)13-27-22(29)26-10-9-23-21(20(26)25-27)30-17-7-5-4-6-8-17/h4-12H,13H2,1-3H3,(H,24,28). The largest absolute Gasteiger partial charge is 0.436 e. The summed E-state index contributed by atoms with van der Waals surface area (Å²) in [6.45, 7) is 5.65. The van der Waals surface area contributed by atoms with Gasteiger partial charge in [-0.1, -0.05) is 35.9 Å². The van der Waals surface area contributed by atoms with E-state index in [2.05, 4.69) is 15.4 Å². The van der Waals surface area contributed by atoms with Crippen LogP contribution in [0.1, 0.15) is 16.7 Å². The molecule has 4 rings (SSSR count). The Morgan fingerprint density at radius 1 is 1.10 bits per heavy atom. The third-order valence-electron chi connectivity index (χ3n) is 4.66. The number of carbonyl (C=O) groups is 1. The zero-order chi connectivity index (χ0) is 21.3. The van der Waals surface area contributed by atoms with Gasteiger partial charge < -0.3 is 10.1 Å². The third kappa shape index (κ3) is 3.80. The topological polar surface area (TPSA) is 90.5 Å². The van der Waals surface area contributed by atoms with Crippen LogP contribution in [0.2, 0.25) is 0 Å². The van der Waals surface area contributed by atoms with Crippen LogP contribution < -0.4 is 15.7 Å². The Kier molecular flexibility index (Phi) is 5.05. The molecule has 0 fully saturated rings. The van der Waals surface area contributed by atoms with E-state index < -0.39 is 5.69 Å². The average molecular weight is 403 g/mol. The molecule has 0 aliphatic rings. The maximum Gasteiger partial charge on any atom is 0.351 e. The molecule has 0 atom stereocenters. The van der Waals surface area contributed by atoms with E-state index >= 15 is 0 Å². The summed E-state index contributed by atoms with van der Waals surface area (Å²) in [6.07, 6.45) is 2.95. The Balaban J connectivity index is 1.61. The lowest BCUT2D eigenvalue weighted by molar-refractivity contribution is -0.117. The van der Waals surface area contributed by atoms with E-state index in [0.29, 0.717) is 5.75 Å². The van der Waals surface area contributed by atoms with Crippen LogP contribution in [0.4, 0.5) is 5.69 Å². The highest BCUT2D eigenvalue weighted by atomic mass is 16.5. The molecule has 152 valence electrons.